The van der Waals surface area contributed by atoms with E-state index in [0.717, 1.165) is 18.2 Å². The minimum absolute atomic E-state index is 0.0956. The Morgan fingerprint density at radius 1 is 1.08 bits per heavy atom. The Bertz CT molecular complexity index is 914. The maximum atomic E-state index is 13.8. The molecule has 0 saturated heterocycles. The summed E-state index contributed by atoms with van der Waals surface area (Å²) < 4.78 is 88.7. The van der Waals surface area contributed by atoms with Crippen LogP contribution in [0.1, 0.15) is 18.6 Å². The minimum atomic E-state index is -5.70. The van der Waals surface area contributed by atoms with Crippen LogP contribution in [-0.4, -0.2) is 19.0 Å². The van der Waals surface area contributed by atoms with E-state index < -0.39 is 39.0 Å². The molecule has 142 valence electrons. The van der Waals surface area contributed by atoms with Gasteiger partial charge in [-0.05, 0) is 36.8 Å². The number of rotatable bonds is 5. The van der Waals surface area contributed by atoms with E-state index in [1.54, 1.807) is 0 Å². The van der Waals surface area contributed by atoms with Crippen molar-refractivity contribution in [2.75, 3.05) is 4.72 Å². The molecule has 2 rings (SSSR count). The molecule has 0 heterocycles. The van der Waals surface area contributed by atoms with Crippen LogP contribution in [0.3, 0.4) is 0 Å². The van der Waals surface area contributed by atoms with E-state index in [1.807, 2.05) is 0 Å². The van der Waals surface area contributed by atoms with Crippen LogP contribution >= 0.6 is 11.8 Å². The first-order valence-electron chi connectivity index (χ1n) is 6.95. The Morgan fingerprint density at radius 2 is 1.73 bits per heavy atom. The van der Waals surface area contributed by atoms with Crippen LogP contribution in [0.25, 0.3) is 0 Å². The lowest BCUT2D eigenvalue weighted by molar-refractivity contribution is -0.0429. The lowest BCUT2D eigenvalue weighted by Crippen LogP contribution is -2.30. The number of halogens is 5. The van der Waals surface area contributed by atoms with Gasteiger partial charge in [-0.1, -0.05) is 17.8 Å². The van der Waals surface area contributed by atoms with Crippen molar-refractivity contribution < 1.29 is 35.5 Å². The fourth-order valence-electron chi connectivity index (χ4n) is 1.85. The largest absolute Gasteiger partial charge is 0.516 e. The molecule has 0 amide bonds. The van der Waals surface area contributed by atoms with Gasteiger partial charge in [0.1, 0.15) is 11.6 Å². The molecule has 0 aliphatic rings. The SMILES string of the molecule is CC(O)c1ccc(NS(=O)(=O)C(F)(F)F)c(Sc2ccc(F)cc2F)c1. The Morgan fingerprint density at radius 3 is 2.27 bits per heavy atom. The Hall–Kier alpha value is -1.85. The summed E-state index contributed by atoms with van der Waals surface area (Å²) in [6.07, 6.45) is -0.999. The third kappa shape index (κ3) is 4.65. The van der Waals surface area contributed by atoms with Gasteiger partial charge >= 0.3 is 15.5 Å². The summed E-state index contributed by atoms with van der Waals surface area (Å²) in [5, 5.41) is 9.61. The first-order chi connectivity index (χ1) is 11.9. The molecule has 4 nitrogen and oxygen atoms in total. The van der Waals surface area contributed by atoms with E-state index >= 15 is 0 Å². The number of hydrogen-bond donors (Lipinski definition) is 2. The molecule has 0 fully saturated rings. The van der Waals surface area contributed by atoms with E-state index in [4.69, 9.17) is 0 Å². The summed E-state index contributed by atoms with van der Waals surface area (Å²) in [4.78, 5) is -0.233. The van der Waals surface area contributed by atoms with Gasteiger partial charge < -0.3 is 5.11 Å². The van der Waals surface area contributed by atoms with E-state index in [-0.39, 0.29) is 15.4 Å². The molecule has 11 heteroatoms. The predicted octanol–water partition coefficient (Wildman–Crippen LogP) is 4.43. The topological polar surface area (TPSA) is 66.4 Å². The van der Waals surface area contributed by atoms with Crippen LogP contribution in [-0.2, 0) is 10.0 Å². The van der Waals surface area contributed by atoms with Crippen LogP contribution in [0.5, 0.6) is 0 Å². The number of nitrogens with one attached hydrogen (secondary N) is 1. The number of hydrogen-bond acceptors (Lipinski definition) is 4. The van der Waals surface area contributed by atoms with Crippen LogP contribution in [0.2, 0.25) is 0 Å². The van der Waals surface area contributed by atoms with Crippen LogP contribution in [0.4, 0.5) is 27.6 Å². The van der Waals surface area contributed by atoms with Gasteiger partial charge in [-0.3, -0.25) is 4.72 Å². The molecule has 1 unspecified atom stereocenters. The molecule has 2 aromatic rings. The third-order valence-corrected chi connectivity index (χ3v) is 5.36. The Kier molecular flexibility index (Phi) is 5.83. The third-order valence-electron chi connectivity index (χ3n) is 3.15. The molecule has 0 radical (unpaired) electrons. The molecule has 0 bridgehead atoms. The average molecular weight is 413 g/mol. The zero-order chi connectivity index (χ0) is 19.7. The first-order valence-corrected chi connectivity index (χ1v) is 9.24. The fraction of sp³-hybridized carbons (Fsp3) is 0.200. The summed E-state index contributed by atoms with van der Waals surface area (Å²) in [6, 6.07) is 6.06. The van der Waals surface area contributed by atoms with Crippen molar-refractivity contribution in [3.05, 3.63) is 53.6 Å². The smallest absolute Gasteiger partial charge is 0.389 e. The second kappa shape index (κ2) is 7.41. The van der Waals surface area contributed by atoms with Gasteiger partial charge in [0.05, 0.1) is 11.8 Å². The zero-order valence-electron chi connectivity index (χ0n) is 13.0. The van der Waals surface area contributed by atoms with Crippen LogP contribution < -0.4 is 4.72 Å². The van der Waals surface area contributed by atoms with E-state index in [0.29, 0.717) is 17.8 Å². The van der Waals surface area contributed by atoms with Gasteiger partial charge in [-0.25, -0.2) is 8.78 Å². The van der Waals surface area contributed by atoms with Gasteiger partial charge in [-0.2, -0.15) is 21.6 Å². The van der Waals surface area contributed by atoms with Crippen molar-refractivity contribution in [2.45, 2.75) is 28.3 Å². The van der Waals surface area contributed by atoms with Gasteiger partial charge in [-0.15, -0.1) is 0 Å². The van der Waals surface area contributed by atoms with E-state index in [9.17, 15) is 35.5 Å². The molecule has 0 aliphatic carbocycles. The highest BCUT2D eigenvalue weighted by Gasteiger charge is 2.46. The second-order valence-corrected chi connectivity index (χ2v) is 7.92. The standard InChI is InChI=1S/C15H12F5NO3S2/c1-8(22)9-2-4-12(21-26(23,24)15(18,19)20)14(6-9)25-13-5-3-10(16)7-11(13)17/h2-8,21-22H,1H3. The summed E-state index contributed by atoms with van der Waals surface area (Å²) in [5.41, 5.74) is -5.73. The summed E-state index contributed by atoms with van der Waals surface area (Å²) in [7, 11) is -5.70. The Balaban J connectivity index is 2.49. The monoisotopic (exact) mass is 413 g/mol. The van der Waals surface area contributed by atoms with E-state index in [2.05, 4.69) is 0 Å². The summed E-state index contributed by atoms with van der Waals surface area (Å²) in [5.74, 6) is -1.82. The predicted molar refractivity (Wildman–Crippen MR) is 86.2 cm³/mol. The first kappa shape index (κ1) is 20.5. The number of alkyl halides is 3. The number of aliphatic hydroxyl groups excluding tert-OH is 1. The quantitative estimate of drug-likeness (QED) is 0.712. The lowest BCUT2D eigenvalue weighted by atomic mass is 10.1. The highest BCUT2D eigenvalue weighted by atomic mass is 32.2. The molecule has 0 saturated carbocycles. The number of benzene rings is 2. The maximum Gasteiger partial charge on any atom is 0.516 e. The molecular formula is C15H12F5NO3S2. The molecule has 2 N–H and O–H groups in total. The van der Waals surface area contributed by atoms with Crippen molar-refractivity contribution in [1.82, 2.24) is 0 Å². The van der Waals surface area contributed by atoms with Crippen molar-refractivity contribution in [2.24, 2.45) is 0 Å². The molecule has 1 atom stereocenters. The van der Waals surface area contributed by atoms with E-state index in [1.165, 1.54) is 23.8 Å². The second-order valence-electron chi connectivity index (χ2n) is 5.16. The van der Waals surface area contributed by atoms with Crippen molar-refractivity contribution >= 4 is 27.5 Å². The highest BCUT2D eigenvalue weighted by Crippen LogP contribution is 2.38. The molecule has 26 heavy (non-hydrogen) atoms. The van der Waals surface area contributed by atoms with Gasteiger partial charge in [0.25, 0.3) is 0 Å². The van der Waals surface area contributed by atoms with Gasteiger partial charge in [0.2, 0.25) is 0 Å². The van der Waals surface area contributed by atoms with Crippen LogP contribution in [0.15, 0.2) is 46.2 Å². The molecule has 0 aliphatic heterocycles. The van der Waals surface area contributed by atoms with Crippen molar-refractivity contribution in [3.8, 4) is 0 Å². The summed E-state index contributed by atoms with van der Waals surface area (Å²) >= 11 is 0.585. The molecule has 0 aromatic heterocycles. The van der Waals surface area contributed by atoms with Gasteiger partial charge in [0, 0.05) is 15.9 Å². The molecule has 2 aromatic carbocycles. The summed E-state index contributed by atoms with van der Waals surface area (Å²) in [6.45, 7) is 1.39. The van der Waals surface area contributed by atoms with Crippen molar-refractivity contribution in [1.29, 1.82) is 0 Å². The number of aliphatic hydroxyl groups is 1. The minimum Gasteiger partial charge on any atom is -0.389 e. The van der Waals surface area contributed by atoms with Gasteiger partial charge in [0.15, 0.2) is 0 Å². The zero-order valence-corrected chi connectivity index (χ0v) is 14.6. The fourth-order valence-corrected chi connectivity index (χ4v) is 3.45. The maximum absolute atomic E-state index is 13.8. The molecule has 0 spiro atoms. The lowest BCUT2D eigenvalue weighted by Gasteiger charge is -2.16. The number of sulfonamides is 1. The average Bonchev–Trinajstić information content (AvgIpc) is 2.50. The Labute approximate surface area is 150 Å². The normalized spacial score (nSPS) is 13.5. The van der Waals surface area contributed by atoms with Crippen LogP contribution in [0, 0.1) is 11.6 Å². The number of anilines is 1. The highest BCUT2D eigenvalue weighted by molar-refractivity contribution is 7.99. The van der Waals surface area contributed by atoms with Crippen molar-refractivity contribution in [3.63, 3.8) is 0 Å². The molecular weight excluding hydrogens is 401 g/mol.